The summed E-state index contributed by atoms with van der Waals surface area (Å²) in [6, 6.07) is 5.14. The van der Waals surface area contributed by atoms with Crippen molar-refractivity contribution in [3.05, 3.63) is 52.8 Å². The molecule has 0 atom stereocenters. The third-order valence-electron chi connectivity index (χ3n) is 5.50. The smallest absolute Gasteiger partial charge is 0.248 e. The number of nitrogens with two attached hydrogens (primary N) is 1. The maximum Gasteiger partial charge on any atom is 0.248 e. The highest BCUT2D eigenvalue weighted by atomic mass is 32.2. The van der Waals surface area contributed by atoms with Crippen LogP contribution < -0.4 is 15.2 Å². The number of thiazole rings is 1. The van der Waals surface area contributed by atoms with Crippen LogP contribution in [0.1, 0.15) is 55.2 Å². The van der Waals surface area contributed by atoms with E-state index in [1.807, 2.05) is 26.2 Å². The van der Waals surface area contributed by atoms with Gasteiger partial charge in [0.25, 0.3) is 0 Å². The Morgan fingerprint density at radius 1 is 1.27 bits per heavy atom. The molecule has 1 aromatic carbocycles. The van der Waals surface area contributed by atoms with Crippen molar-refractivity contribution in [3.63, 3.8) is 0 Å². The minimum Gasteiger partial charge on any atom is -0.477 e. The molecule has 0 saturated heterocycles. The fourth-order valence-electron chi connectivity index (χ4n) is 3.46. The lowest BCUT2D eigenvalue weighted by molar-refractivity contribution is 0.1000. The Balaban J connectivity index is 1.77. The van der Waals surface area contributed by atoms with Gasteiger partial charge in [-0.05, 0) is 37.5 Å². The third kappa shape index (κ3) is 4.83. The van der Waals surface area contributed by atoms with Gasteiger partial charge in [-0.25, -0.2) is 18.4 Å². The van der Waals surface area contributed by atoms with E-state index in [-0.39, 0.29) is 5.25 Å². The van der Waals surface area contributed by atoms with E-state index in [1.54, 1.807) is 24.4 Å². The molecular formula is C22H25N5O4S2. The van der Waals surface area contributed by atoms with Crippen LogP contribution in [0.4, 0.5) is 5.13 Å². The molecule has 0 unspecified atom stereocenters. The van der Waals surface area contributed by atoms with Crippen LogP contribution in [0.3, 0.4) is 0 Å². The van der Waals surface area contributed by atoms with E-state index < -0.39 is 21.3 Å². The number of carbonyl (C=O) groups is 1. The molecule has 0 bridgehead atoms. The summed E-state index contributed by atoms with van der Waals surface area (Å²) in [7, 11) is -3.41. The molecule has 3 aromatic rings. The van der Waals surface area contributed by atoms with Crippen LogP contribution in [0, 0.1) is 0 Å². The SMILES string of the molecule is CCOc1cncc(-c2ccc(C(N)=O)cc2C(C)(C)c2csc(NS(=O)(=O)C3CC3)n2)n1. The second-order valence-electron chi connectivity index (χ2n) is 8.31. The molecule has 174 valence electrons. The molecule has 11 heteroatoms. The molecule has 0 aliphatic heterocycles. The lowest BCUT2D eigenvalue weighted by atomic mass is 9.78. The Hall–Kier alpha value is -3.05. The Morgan fingerprint density at radius 3 is 2.70 bits per heavy atom. The minimum absolute atomic E-state index is 0.315. The van der Waals surface area contributed by atoms with Gasteiger partial charge >= 0.3 is 0 Å². The van der Waals surface area contributed by atoms with Crippen LogP contribution in [-0.4, -0.2) is 41.1 Å². The Labute approximate surface area is 196 Å². The maximum absolute atomic E-state index is 12.3. The third-order valence-corrected chi connectivity index (χ3v) is 8.21. The largest absolute Gasteiger partial charge is 0.477 e. The van der Waals surface area contributed by atoms with Gasteiger partial charge in [-0.2, -0.15) is 0 Å². The van der Waals surface area contributed by atoms with E-state index in [1.165, 1.54) is 17.5 Å². The highest BCUT2D eigenvalue weighted by Crippen LogP contribution is 2.40. The summed E-state index contributed by atoms with van der Waals surface area (Å²) < 4.78 is 32.7. The molecule has 3 N–H and O–H groups in total. The molecule has 9 nitrogen and oxygen atoms in total. The topological polar surface area (TPSA) is 137 Å². The number of rotatable bonds is 9. The van der Waals surface area contributed by atoms with Crippen molar-refractivity contribution < 1.29 is 17.9 Å². The molecular weight excluding hydrogens is 462 g/mol. The lowest BCUT2D eigenvalue weighted by Gasteiger charge is -2.26. The summed E-state index contributed by atoms with van der Waals surface area (Å²) in [5, 5.41) is 1.79. The number of nitrogens with zero attached hydrogens (tertiary/aromatic N) is 3. The number of aromatic nitrogens is 3. The number of hydrogen-bond acceptors (Lipinski definition) is 8. The van der Waals surface area contributed by atoms with Crippen LogP contribution in [-0.2, 0) is 15.4 Å². The summed E-state index contributed by atoms with van der Waals surface area (Å²) in [4.78, 5) is 25.3. The lowest BCUT2D eigenvalue weighted by Crippen LogP contribution is -2.23. The summed E-state index contributed by atoms with van der Waals surface area (Å²) in [6.45, 7) is 6.21. The highest BCUT2D eigenvalue weighted by molar-refractivity contribution is 7.93. The predicted molar refractivity (Wildman–Crippen MR) is 127 cm³/mol. The molecule has 1 aliphatic carbocycles. The zero-order valence-corrected chi connectivity index (χ0v) is 20.2. The molecule has 33 heavy (non-hydrogen) atoms. The zero-order valence-electron chi connectivity index (χ0n) is 18.5. The van der Waals surface area contributed by atoms with Crippen molar-refractivity contribution in [3.8, 4) is 17.1 Å². The van der Waals surface area contributed by atoms with Crippen molar-refractivity contribution in [1.82, 2.24) is 15.0 Å². The number of nitrogens with one attached hydrogen (secondary N) is 1. The molecule has 2 aromatic heterocycles. The first-order valence-electron chi connectivity index (χ1n) is 10.5. The van der Waals surface area contributed by atoms with Gasteiger partial charge in [0.05, 0.1) is 35.6 Å². The quantitative estimate of drug-likeness (QED) is 0.472. The normalized spacial score (nSPS) is 14.2. The number of carbonyl (C=O) groups excluding carboxylic acids is 1. The second-order valence-corrected chi connectivity index (χ2v) is 11.1. The molecule has 2 heterocycles. The van der Waals surface area contributed by atoms with Gasteiger partial charge in [0.2, 0.25) is 21.8 Å². The molecule has 0 radical (unpaired) electrons. The van der Waals surface area contributed by atoms with Gasteiger partial charge in [-0.15, -0.1) is 11.3 Å². The summed E-state index contributed by atoms with van der Waals surface area (Å²) in [5.74, 6) is -0.160. The molecule has 0 spiro atoms. The monoisotopic (exact) mass is 487 g/mol. The molecule has 4 rings (SSSR count). The zero-order chi connectivity index (χ0) is 23.8. The van der Waals surface area contributed by atoms with Crippen LogP contribution in [0.5, 0.6) is 5.88 Å². The van der Waals surface area contributed by atoms with Gasteiger partial charge in [0, 0.05) is 21.9 Å². The number of ether oxygens (including phenoxy) is 1. The molecule has 1 amide bonds. The average molecular weight is 488 g/mol. The van der Waals surface area contributed by atoms with Crippen molar-refractivity contribution in [2.24, 2.45) is 5.73 Å². The van der Waals surface area contributed by atoms with Crippen LogP contribution >= 0.6 is 11.3 Å². The average Bonchev–Trinajstić information content (AvgIpc) is 3.54. The van der Waals surface area contributed by atoms with Gasteiger partial charge in [0.15, 0.2) is 5.13 Å². The van der Waals surface area contributed by atoms with Gasteiger partial charge in [-0.3, -0.25) is 14.5 Å². The fourth-order valence-corrected chi connectivity index (χ4v) is 5.94. The standard InChI is InChI=1S/C22H25N5O4S2/c1-4-31-19-11-24-10-17(25-19)15-8-5-13(20(23)28)9-16(15)22(2,3)18-12-32-21(26-18)27-33(29,30)14-6-7-14/h5,8-12,14H,4,6-7H2,1-3H3,(H2,23,28)(H,26,27). The van der Waals surface area contributed by atoms with Gasteiger partial charge < -0.3 is 10.5 Å². The van der Waals surface area contributed by atoms with Crippen molar-refractivity contribution >= 4 is 32.4 Å². The molecule has 1 saturated carbocycles. The highest BCUT2D eigenvalue weighted by Gasteiger charge is 2.37. The molecule has 1 fully saturated rings. The Bertz CT molecular complexity index is 1300. The minimum atomic E-state index is -3.41. The fraction of sp³-hybridized carbons (Fsp3) is 0.364. The second kappa shape index (κ2) is 8.71. The van der Waals surface area contributed by atoms with E-state index in [0.717, 1.165) is 11.1 Å². The first-order valence-corrected chi connectivity index (χ1v) is 12.9. The first kappa shape index (κ1) is 23.1. The number of anilines is 1. The van der Waals surface area contributed by atoms with E-state index in [9.17, 15) is 13.2 Å². The van der Waals surface area contributed by atoms with E-state index in [4.69, 9.17) is 10.5 Å². The number of hydrogen-bond donors (Lipinski definition) is 2. The van der Waals surface area contributed by atoms with Crippen molar-refractivity contribution in [1.29, 1.82) is 0 Å². The van der Waals surface area contributed by atoms with Crippen LogP contribution in [0.25, 0.3) is 11.3 Å². The number of sulfonamides is 1. The van der Waals surface area contributed by atoms with E-state index >= 15 is 0 Å². The van der Waals surface area contributed by atoms with Crippen LogP contribution in [0.15, 0.2) is 36.0 Å². The van der Waals surface area contributed by atoms with Crippen molar-refractivity contribution in [2.75, 3.05) is 11.3 Å². The summed E-state index contributed by atoms with van der Waals surface area (Å²) in [6.07, 6.45) is 4.50. The first-order chi connectivity index (χ1) is 15.6. The Morgan fingerprint density at radius 2 is 2.03 bits per heavy atom. The maximum atomic E-state index is 12.3. The summed E-state index contributed by atoms with van der Waals surface area (Å²) in [5.41, 5.74) is 7.91. The Kier molecular flexibility index (Phi) is 6.10. The molecule has 1 aliphatic rings. The number of amides is 1. The van der Waals surface area contributed by atoms with Crippen LogP contribution in [0.2, 0.25) is 0 Å². The van der Waals surface area contributed by atoms with E-state index in [0.29, 0.717) is 47.4 Å². The predicted octanol–water partition coefficient (Wildman–Crippen LogP) is 3.33. The summed E-state index contributed by atoms with van der Waals surface area (Å²) >= 11 is 1.22. The number of benzene rings is 1. The van der Waals surface area contributed by atoms with E-state index in [2.05, 4.69) is 19.7 Å². The van der Waals surface area contributed by atoms with Gasteiger partial charge in [-0.1, -0.05) is 19.9 Å². The van der Waals surface area contributed by atoms with Gasteiger partial charge in [0.1, 0.15) is 0 Å². The van der Waals surface area contributed by atoms with Crippen molar-refractivity contribution in [2.45, 2.75) is 44.3 Å². The number of primary amides is 1.